The maximum Gasteiger partial charge on any atom is 0.275 e. The average molecular weight is 529 g/mol. The highest BCUT2D eigenvalue weighted by Gasteiger charge is 2.22. The summed E-state index contributed by atoms with van der Waals surface area (Å²) in [6.07, 6.45) is 5.63. The summed E-state index contributed by atoms with van der Waals surface area (Å²) in [4.78, 5) is 46.3. The van der Waals surface area contributed by atoms with Gasteiger partial charge >= 0.3 is 0 Å². The Bertz CT molecular complexity index is 1540. The van der Waals surface area contributed by atoms with Crippen LogP contribution in [0, 0.1) is 6.92 Å². The number of nitrogens with zero attached hydrogens (tertiary/aromatic N) is 5. The Morgan fingerprint density at radius 3 is 2.44 bits per heavy atom. The van der Waals surface area contributed by atoms with E-state index >= 15 is 0 Å². The van der Waals surface area contributed by atoms with Crippen LogP contribution in [-0.2, 0) is 16.1 Å². The molecule has 0 saturated heterocycles. The van der Waals surface area contributed by atoms with Gasteiger partial charge in [0.15, 0.2) is 0 Å². The molecule has 3 aromatic rings. The van der Waals surface area contributed by atoms with Crippen LogP contribution in [0.15, 0.2) is 51.9 Å². The highest BCUT2D eigenvalue weighted by Crippen LogP contribution is 2.35. The largest absolute Gasteiger partial charge is 0.387 e. The molecular weight excluding hydrogens is 492 g/mol. The van der Waals surface area contributed by atoms with E-state index in [9.17, 15) is 14.4 Å². The van der Waals surface area contributed by atoms with Gasteiger partial charge in [-0.1, -0.05) is 26.0 Å². The molecule has 2 heterocycles. The predicted octanol–water partition coefficient (Wildman–Crippen LogP) is 3.88. The minimum atomic E-state index is -0.313. The van der Waals surface area contributed by atoms with Crippen LogP contribution in [0.25, 0.3) is 28.0 Å². The Morgan fingerprint density at radius 2 is 1.77 bits per heavy atom. The molecule has 2 amide bonds. The maximum atomic E-state index is 13.3. The van der Waals surface area contributed by atoms with Crippen molar-refractivity contribution in [3.8, 4) is 11.1 Å². The van der Waals surface area contributed by atoms with Gasteiger partial charge in [-0.15, -0.1) is 0 Å². The summed E-state index contributed by atoms with van der Waals surface area (Å²) in [5, 5.41) is 5.39. The monoisotopic (exact) mass is 528 g/mol. The van der Waals surface area contributed by atoms with Gasteiger partial charge < -0.3 is 15.5 Å². The van der Waals surface area contributed by atoms with E-state index in [0.29, 0.717) is 47.4 Å². The molecule has 0 fully saturated rings. The van der Waals surface area contributed by atoms with Crippen LogP contribution in [0.4, 0.5) is 5.69 Å². The number of aromatic nitrogens is 2. The third-order valence-corrected chi connectivity index (χ3v) is 6.84. The number of nitrogens with two attached hydrogens (primary N) is 1. The number of amides is 2. The fraction of sp³-hybridized carbons (Fsp3) is 0.367. The molecule has 0 unspecified atom stereocenters. The van der Waals surface area contributed by atoms with Gasteiger partial charge in [-0.05, 0) is 60.7 Å². The quantitative estimate of drug-likeness (QED) is 0.477. The number of amidine groups is 1. The smallest absolute Gasteiger partial charge is 0.275 e. The SMILES string of the molecule is CCCN(CCC)C(=O)C1=Cc2c(C)cc(-c3ccc4c(=O)n(CC(=O)N(C)C)ncc4c3)cc2N=C(N)C1. The molecule has 0 aliphatic carbocycles. The Hall–Kier alpha value is -4.27. The number of carbonyl (C=O) groups excluding carboxylic acids is 2. The summed E-state index contributed by atoms with van der Waals surface area (Å²) in [6, 6.07) is 9.56. The number of carbonyl (C=O) groups is 2. The lowest BCUT2D eigenvalue weighted by Crippen LogP contribution is -2.34. The molecule has 1 aliphatic rings. The topological polar surface area (TPSA) is 114 Å². The maximum absolute atomic E-state index is 13.3. The second kappa shape index (κ2) is 11.6. The van der Waals surface area contributed by atoms with E-state index in [1.807, 2.05) is 36.1 Å². The second-order valence-electron chi connectivity index (χ2n) is 10.2. The number of rotatable bonds is 8. The number of hydrogen-bond donors (Lipinski definition) is 1. The molecule has 39 heavy (non-hydrogen) atoms. The van der Waals surface area contributed by atoms with Crippen molar-refractivity contribution < 1.29 is 9.59 Å². The number of likely N-dealkylation sites (N-methyl/N-ethyl adjacent to an activating group) is 1. The number of benzene rings is 2. The molecule has 0 radical (unpaired) electrons. The van der Waals surface area contributed by atoms with E-state index in [2.05, 4.69) is 30.0 Å². The zero-order valence-corrected chi connectivity index (χ0v) is 23.3. The Labute approximate surface area is 228 Å². The van der Waals surface area contributed by atoms with Crippen LogP contribution in [0.1, 0.15) is 44.2 Å². The summed E-state index contributed by atoms with van der Waals surface area (Å²) in [5.41, 5.74) is 11.0. The van der Waals surface area contributed by atoms with Gasteiger partial charge in [0, 0.05) is 50.1 Å². The van der Waals surface area contributed by atoms with Crippen LogP contribution in [0.3, 0.4) is 0 Å². The number of aliphatic imine (C=N–C) groups is 1. The Balaban J connectivity index is 1.72. The van der Waals surface area contributed by atoms with Gasteiger partial charge in [0.1, 0.15) is 12.4 Å². The molecule has 2 aromatic carbocycles. The summed E-state index contributed by atoms with van der Waals surface area (Å²) in [6.45, 7) is 7.44. The summed E-state index contributed by atoms with van der Waals surface area (Å²) >= 11 is 0. The fourth-order valence-corrected chi connectivity index (χ4v) is 4.79. The molecule has 0 atom stereocenters. The molecule has 9 nitrogen and oxygen atoms in total. The van der Waals surface area contributed by atoms with E-state index in [-0.39, 0.29) is 23.9 Å². The third kappa shape index (κ3) is 5.92. The first-order valence-corrected chi connectivity index (χ1v) is 13.3. The lowest BCUT2D eigenvalue weighted by molar-refractivity contribution is -0.129. The van der Waals surface area contributed by atoms with E-state index in [0.717, 1.165) is 35.1 Å². The second-order valence-corrected chi connectivity index (χ2v) is 10.2. The Morgan fingerprint density at radius 1 is 1.05 bits per heavy atom. The van der Waals surface area contributed by atoms with Gasteiger partial charge in [-0.25, -0.2) is 9.67 Å². The van der Waals surface area contributed by atoms with Gasteiger partial charge in [0.25, 0.3) is 5.56 Å². The van der Waals surface area contributed by atoms with Crippen molar-refractivity contribution in [1.82, 2.24) is 19.6 Å². The molecule has 9 heteroatoms. The molecule has 0 bridgehead atoms. The molecule has 2 N–H and O–H groups in total. The first-order chi connectivity index (χ1) is 18.6. The van der Waals surface area contributed by atoms with Crippen LogP contribution in [0.5, 0.6) is 0 Å². The van der Waals surface area contributed by atoms with Gasteiger partial charge in [-0.3, -0.25) is 14.4 Å². The van der Waals surface area contributed by atoms with Crippen LogP contribution >= 0.6 is 0 Å². The van der Waals surface area contributed by atoms with Gasteiger partial charge in [-0.2, -0.15) is 5.10 Å². The molecule has 0 saturated carbocycles. The van der Waals surface area contributed by atoms with Crippen molar-refractivity contribution in [2.24, 2.45) is 10.7 Å². The van der Waals surface area contributed by atoms with Gasteiger partial charge in [0.05, 0.1) is 17.3 Å². The molecular formula is C30H36N6O3. The van der Waals surface area contributed by atoms with Crippen molar-refractivity contribution in [2.45, 2.75) is 46.6 Å². The highest BCUT2D eigenvalue weighted by atomic mass is 16.2. The molecule has 204 valence electrons. The van der Waals surface area contributed by atoms with Gasteiger partial charge in [0.2, 0.25) is 11.8 Å². The first kappa shape index (κ1) is 27.8. The first-order valence-electron chi connectivity index (χ1n) is 13.3. The minimum absolute atomic E-state index is 0.00754. The lowest BCUT2D eigenvalue weighted by Gasteiger charge is -2.22. The molecule has 4 rings (SSSR count). The van der Waals surface area contributed by atoms with Crippen LogP contribution in [0.2, 0.25) is 0 Å². The van der Waals surface area contributed by atoms with Crippen LogP contribution in [-0.4, -0.2) is 64.4 Å². The third-order valence-electron chi connectivity index (χ3n) is 6.84. The lowest BCUT2D eigenvalue weighted by atomic mass is 9.95. The predicted molar refractivity (Wildman–Crippen MR) is 156 cm³/mol. The standard InChI is InChI=1S/C30H36N6O3/c1-6-10-35(11-7-2)29(38)22-14-25-19(3)12-21(15-26(25)33-27(31)16-22)20-8-9-24-23(13-20)17-32-36(30(24)39)18-28(37)34(4)5/h8-9,12-15,17H,6-7,10-11,16,18H2,1-5H3,(H2,31,33). The van der Waals surface area contributed by atoms with E-state index < -0.39 is 0 Å². The van der Waals surface area contributed by atoms with Crippen LogP contribution < -0.4 is 11.3 Å². The summed E-state index contributed by atoms with van der Waals surface area (Å²) < 4.78 is 1.18. The van der Waals surface area contributed by atoms with E-state index in [1.165, 1.54) is 9.58 Å². The number of aryl methyl sites for hydroxylation is 1. The van der Waals surface area contributed by atoms with Crippen molar-refractivity contribution in [2.75, 3.05) is 27.2 Å². The number of hydrogen-bond acceptors (Lipinski definition) is 6. The van der Waals surface area contributed by atoms with Crippen molar-refractivity contribution >= 4 is 40.2 Å². The van der Waals surface area contributed by atoms with Crippen molar-refractivity contribution in [3.05, 3.63) is 63.6 Å². The number of fused-ring (bicyclic) bond motifs is 2. The zero-order valence-electron chi connectivity index (χ0n) is 23.3. The Kier molecular flexibility index (Phi) is 8.28. The van der Waals surface area contributed by atoms with Crippen molar-refractivity contribution in [3.63, 3.8) is 0 Å². The molecule has 1 aromatic heterocycles. The fourth-order valence-electron chi connectivity index (χ4n) is 4.79. The minimum Gasteiger partial charge on any atom is -0.387 e. The van der Waals surface area contributed by atoms with E-state index in [1.54, 1.807) is 26.4 Å². The summed E-state index contributed by atoms with van der Waals surface area (Å²) in [5.74, 6) is 0.199. The summed E-state index contributed by atoms with van der Waals surface area (Å²) in [7, 11) is 3.28. The van der Waals surface area contributed by atoms with Crippen molar-refractivity contribution in [1.29, 1.82) is 0 Å². The van der Waals surface area contributed by atoms with E-state index in [4.69, 9.17) is 5.73 Å². The molecule has 1 aliphatic heterocycles. The average Bonchev–Trinajstić information content (AvgIpc) is 3.07. The zero-order chi connectivity index (χ0) is 28.3. The molecule has 0 spiro atoms. The normalized spacial score (nSPS) is 12.8. The highest BCUT2D eigenvalue weighted by molar-refractivity contribution is 6.06.